The number of nitrogens with zero attached hydrogens (tertiary/aromatic N) is 2. The van der Waals surface area contributed by atoms with Crippen LogP contribution in [0.15, 0.2) is 113 Å². The lowest BCUT2D eigenvalue weighted by atomic mass is 9.98. The normalized spacial score (nSPS) is 14.8. The highest BCUT2D eigenvalue weighted by atomic mass is 16.6. The highest BCUT2D eigenvalue weighted by molar-refractivity contribution is 5.96. The molecule has 0 spiro atoms. The molecule has 0 bridgehead atoms. The van der Waals surface area contributed by atoms with Crippen molar-refractivity contribution in [2.75, 3.05) is 13.2 Å². The molecule has 1 aliphatic rings. The van der Waals surface area contributed by atoms with Crippen molar-refractivity contribution in [3.8, 4) is 11.1 Å². The number of allylic oxidation sites excluding steroid dienone is 2. The van der Waals surface area contributed by atoms with E-state index in [0.717, 1.165) is 33.2 Å². The smallest absolute Gasteiger partial charge is 0.245 e. The van der Waals surface area contributed by atoms with Crippen LogP contribution in [-0.4, -0.2) is 89.9 Å². The fourth-order valence-electron chi connectivity index (χ4n) is 7.48. The number of ether oxygens (including phenoxy) is 1. The van der Waals surface area contributed by atoms with E-state index >= 15 is 0 Å². The Balaban J connectivity index is 1.31. The Bertz CT molecular complexity index is 2360. The number of guanidine groups is 1. The van der Waals surface area contributed by atoms with Crippen molar-refractivity contribution >= 4 is 52.5 Å². The van der Waals surface area contributed by atoms with Crippen LogP contribution >= 0.6 is 0 Å². The van der Waals surface area contributed by atoms with Crippen LogP contribution in [0.4, 0.5) is 0 Å². The first kappa shape index (κ1) is 47.6. The second-order valence-corrected chi connectivity index (χ2v) is 15.4. The molecule has 338 valence electrons. The minimum absolute atomic E-state index is 0.00766. The molecular weight excluding hydrogens is 817 g/mol. The van der Waals surface area contributed by atoms with Gasteiger partial charge in [0.2, 0.25) is 29.5 Å². The number of aliphatic imine (C=N–C) groups is 2. The summed E-state index contributed by atoms with van der Waals surface area (Å²) in [5, 5.41) is 24.7. The number of hydrogen-bond acceptors (Lipinski definition) is 9. The maximum Gasteiger partial charge on any atom is 0.245 e. The number of nitrogens with two attached hydrogens (primary N) is 3. The molecule has 0 unspecified atom stereocenters. The van der Waals surface area contributed by atoms with Gasteiger partial charge in [0.25, 0.3) is 0 Å². The largest absolute Gasteiger partial charge is 0.599 e. The van der Waals surface area contributed by atoms with Crippen LogP contribution in [0.1, 0.15) is 69.1 Å². The molecule has 5 rings (SSSR count). The average molecular weight is 874 g/mol. The summed E-state index contributed by atoms with van der Waals surface area (Å²) in [5.74, 6) is -3.98. The lowest BCUT2D eigenvalue weighted by Gasteiger charge is -2.26. The molecule has 0 saturated heterocycles. The predicted molar refractivity (Wildman–Crippen MR) is 244 cm³/mol. The van der Waals surface area contributed by atoms with Gasteiger partial charge in [-0.2, -0.15) is 0 Å². The summed E-state index contributed by atoms with van der Waals surface area (Å²) in [6.07, 6.45) is 8.04. The number of aromatic nitrogens is 1. The zero-order chi connectivity index (χ0) is 46.2. The number of primary amides is 1. The van der Waals surface area contributed by atoms with E-state index in [1.54, 1.807) is 44.3 Å². The Kier molecular flexibility index (Phi) is 17.2. The minimum Gasteiger partial charge on any atom is -0.599 e. The van der Waals surface area contributed by atoms with E-state index in [4.69, 9.17) is 21.9 Å². The number of H-pyrrole nitrogens is 1. The molecule has 5 amide bonds. The van der Waals surface area contributed by atoms with Crippen LogP contribution in [0.2, 0.25) is 0 Å². The van der Waals surface area contributed by atoms with Gasteiger partial charge in [0.1, 0.15) is 36.3 Å². The van der Waals surface area contributed by atoms with Gasteiger partial charge in [0, 0.05) is 42.6 Å². The number of benzene rings is 3. The van der Waals surface area contributed by atoms with E-state index in [-0.39, 0.29) is 57.1 Å². The third-order valence-electron chi connectivity index (χ3n) is 10.8. The number of fused-ring (bicyclic) bond motifs is 4. The number of aromatic amines is 1. The molecule has 1 heterocycles. The van der Waals surface area contributed by atoms with Gasteiger partial charge in [-0.15, -0.1) is 0 Å². The Morgan fingerprint density at radius 1 is 0.766 bits per heavy atom. The summed E-state index contributed by atoms with van der Waals surface area (Å²) in [6, 6.07) is 17.3. The monoisotopic (exact) mass is 873 g/mol. The molecule has 0 saturated carbocycles. The first-order valence-electron chi connectivity index (χ1n) is 21.2. The first-order valence-corrected chi connectivity index (χ1v) is 21.2. The lowest BCUT2D eigenvalue weighted by molar-refractivity contribution is -0.251. The molecule has 0 fully saturated rings. The Morgan fingerprint density at radius 3 is 2.02 bits per heavy atom. The highest BCUT2D eigenvalue weighted by Gasteiger charge is 2.32. The number of amides is 5. The van der Waals surface area contributed by atoms with Gasteiger partial charge in [0.05, 0.1) is 0 Å². The minimum atomic E-state index is -1.27. The average Bonchev–Trinajstić information content (AvgIpc) is 3.84. The molecule has 3 aromatic carbocycles. The molecule has 1 aliphatic carbocycles. The quantitative estimate of drug-likeness (QED) is 0.0248. The Hall–Kier alpha value is -7.43. The van der Waals surface area contributed by atoms with E-state index in [1.807, 2.05) is 72.8 Å². The molecule has 17 nitrogen and oxygen atoms in total. The summed E-state index contributed by atoms with van der Waals surface area (Å²) in [5.41, 5.74) is 22.2. The third kappa shape index (κ3) is 12.8. The number of hydrogen-bond donors (Lipinski definition) is 8. The van der Waals surface area contributed by atoms with E-state index < -0.39 is 65.8 Å². The van der Waals surface area contributed by atoms with Crippen LogP contribution in [0.3, 0.4) is 0 Å². The third-order valence-corrected chi connectivity index (χ3v) is 10.8. The van der Waals surface area contributed by atoms with Crippen LogP contribution in [0.5, 0.6) is 0 Å². The Morgan fingerprint density at radius 2 is 1.36 bits per heavy atom. The summed E-state index contributed by atoms with van der Waals surface area (Å²) in [7, 11) is 0. The van der Waals surface area contributed by atoms with Gasteiger partial charge in [0.15, 0.2) is 5.96 Å². The first-order chi connectivity index (χ1) is 30.8. The number of rotatable bonds is 22. The maximum absolute atomic E-state index is 14.2. The number of carbonyl (C=O) groups excluding carboxylic acids is 5. The van der Waals surface area contributed by atoms with Crippen molar-refractivity contribution in [1.29, 1.82) is 0 Å². The molecule has 5 atom stereocenters. The van der Waals surface area contributed by atoms with Gasteiger partial charge in [-0.05, 0) is 80.3 Å². The van der Waals surface area contributed by atoms with E-state index in [9.17, 15) is 29.1 Å². The van der Waals surface area contributed by atoms with Crippen LogP contribution in [0.25, 0.3) is 22.0 Å². The summed E-state index contributed by atoms with van der Waals surface area (Å²) < 4.78 is 5.64. The topological polar surface area (TPSA) is 284 Å². The highest BCUT2D eigenvalue weighted by Crippen LogP contribution is 2.44. The summed E-state index contributed by atoms with van der Waals surface area (Å²) in [4.78, 5) is 78.9. The second kappa shape index (κ2) is 23.1. The molecule has 4 aromatic rings. The van der Waals surface area contributed by atoms with Crippen molar-refractivity contribution in [3.63, 3.8) is 0 Å². The molecule has 0 radical (unpaired) electrons. The lowest BCUT2D eigenvalue weighted by Crippen LogP contribution is -2.58. The molecule has 1 aromatic heterocycles. The fourth-order valence-corrected chi connectivity index (χ4v) is 7.48. The van der Waals surface area contributed by atoms with Gasteiger partial charge < -0.3 is 53.3 Å². The van der Waals surface area contributed by atoms with E-state index in [0.29, 0.717) is 5.56 Å². The molecule has 0 aliphatic heterocycles. The van der Waals surface area contributed by atoms with Crippen molar-refractivity contribution in [2.45, 2.75) is 89.0 Å². The standard InChI is InChI=1S/C47H58N10O7/c1-4-6-20-37(41(48)58)54-44(61)38(23-14-24-51-46(49)50)55-45(62)40(25-29-26-52-36-22-13-12-15-30(29)36)56-42(59)28(3)53-43(60)39(21-7-5-2)57-47(63)64-27-35-33-18-10-8-16-31(33)32-17-9-11-19-34(32)35/h4-13,15-19,22,26,28,35,37-40,52H,14,20-21,23-25,27H2,1-3H3,(H2,48,58)(H,53,60)(H,54,61)(H,55,62)(H,56,59)(H,57,63)(H4,49,50,51)/p-1/t28-,37-,38-,39-,40-/m0/s1. The molecule has 64 heavy (non-hydrogen) atoms. The summed E-state index contributed by atoms with van der Waals surface area (Å²) >= 11 is 0. The zero-order valence-corrected chi connectivity index (χ0v) is 36.2. The molecule has 17 heteroatoms. The molecular formula is C47H57N10O7-. The fraction of sp³-hybridized carbons (Fsp3) is 0.340. The number of nitrogens with one attached hydrogen (secondary N) is 5. The van der Waals surface area contributed by atoms with Gasteiger partial charge in [-0.3, -0.25) is 34.0 Å². The second-order valence-electron chi connectivity index (χ2n) is 15.4. The van der Waals surface area contributed by atoms with Crippen molar-refractivity contribution in [2.24, 2.45) is 27.2 Å². The van der Waals surface area contributed by atoms with Gasteiger partial charge >= 0.3 is 0 Å². The maximum atomic E-state index is 14.2. The van der Waals surface area contributed by atoms with Crippen LogP contribution in [-0.2, 0) is 35.1 Å². The van der Waals surface area contributed by atoms with Crippen molar-refractivity contribution < 1.29 is 33.8 Å². The number of para-hydroxylation sites is 1. The van der Waals surface area contributed by atoms with Crippen molar-refractivity contribution in [1.82, 2.24) is 26.3 Å². The van der Waals surface area contributed by atoms with E-state index in [1.165, 1.54) is 6.92 Å². The van der Waals surface area contributed by atoms with E-state index in [2.05, 4.69) is 36.2 Å². The van der Waals surface area contributed by atoms with Crippen molar-refractivity contribution in [3.05, 3.63) is 120 Å². The Labute approximate surface area is 372 Å². The molecule has 11 N–H and O–H groups in total. The van der Waals surface area contributed by atoms with Crippen LogP contribution in [0, 0.1) is 0 Å². The zero-order valence-electron chi connectivity index (χ0n) is 36.2. The van der Waals surface area contributed by atoms with Crippen LogP contribution < -0.4 is 43.6 Å². The van der Waals surface area contributed by atoms with Gasteiger partial charge in [-0.1, -0.05) is 91.0 Å². The SMILES string of the molecule is CC=CC[C@H](N=C([O-])OCC1c2ccccc2-c2ccccc21)C(=O)N[C@@H](C)C(=O)N[C@@H](Cc1c[nH]c2ccccc12)C(=O)N[C@@H](CCCN=C(N)N)C(=O)N[C@@H](CC=CC)C(N)=O. The predicted octanol–water partition coefficient (Wildman–Crippen LogP) is 2.05. The number of carbonyl (C=O) groups is 5. The summed E-state index contributed by atoms with van der Waals surface area (Å²) in [6.45, 7) is 5.10. The van der Waals surface area contributed by atoms with Gasteiger partial charge in [-0.25, -0.2) is 0 Å².